The summed E-state index contributed by atoms with van der Waals surface area (Å²) in [5.74, 6) is -0.789. The zero-order valence-corrected chi connectivity index (χ0v) is 17.0. The van der Waals surface area contributed by atoms with Crippen molar-refractivity contribution in [3.05, 3.63) is 65.2 Å². The highest BCUT2D eigenvalue weighted by molar-refractivity contribution is 5.96. The van der Waals surface area contributed by atoms with Gasteiger partial charge in [-0.15, -0.1) is 0 Å². The van der Waals surface area contributed by atoms with E-state index < -0.39 is 11.2 Å². The number of aromatic nitrogens is 1. The van der Waals surface area contributed by atoms with Crippen molar-refractivity contribution < 1.29 is 14.0 Å². The van der Waals surface area contributed by atoms with Crippen LogP contribution in [-0.2, 0) is 17.8 Å². The number of pyridine rings is 1. The fraction of sp³-hybridized carbons (Fsp3) is 0.435. The van der Waals surface area contributed by atoms with Crippen LogP contribution in [-0.4, -0.2) is 52.8 Å². The molecule has 2 aliphatic rings. The van der Waals surface area contributed by atoms with Crippen molar-refractivity contribution in [2.45, 2.75) is 32.2 Å². The summed E-state index contributed by atoms with van der Waals surface area (Å²) in [5, 5.41) is 0. The average molecular weight is 410 g/mol. The van der Waals surface area contributed by atoms with Crippen LogP contribution in [0.2, 0.25) is 0 Å². The molecule has 1 spiro atoms. The van der Waals surface area contributed by atoms with Gasteiger partial charge < -0.3 is 15.5 Å². The molecule has 2 N–H and O–H groups in total. The maximum absolute atomic E-state index is 14.4. The zero-order valence-electron chi connectivity index (χ0n) is 17.0. The van der Waals surface area contributed by atoms with Crippen molar-refractivity contribution >= 4 is 11.8 Å². The van der Waals surface area contributed by atoms with Crippen molar-refractivity contribution in [1.29, 1.82) is 0 Å². The summed E-state index contributed by atoms with van der Waals surface area (Å²) < 4.78 is 14.4. The SMILES string of the molecule is NCCCc1ccc(F)c(C(=O)N2CCC3(CCN(Cc4ccccn4)C3=O)C2)c1. The van der Waals surface area contributed by atoms with Gasteiger partial charge in [0.25, 0.3) is 5.91 Å². The summed E-state index contributed by atoms with van der Waals surface area (Å²) in [6.45, 7) is 2.49. The van der Waals surface area contributed by atoms with E-state index in [9.17, 15) is 14.0 Å². The molecule has 2 aliphatic heterocycles. The van der Waals surface area contributed by atoms with Crippen LogP contribution in [0, 0.1) is 11.2 Å². The van der Waals surface area contributed by atoms with Crippen molar-refractivity contribution in [3.63, 3.8) is 0 Å². The number of halogens is 1. The Morgan fingerprint density at radius 3 is 2.80 bits per heavy atom. The van der Waals surface area contributed by atoms with Gasteiger partial charge in [-0.05, 0) is 62.1 Å². The number of carbonyl (C=O) groups is 2. The van der Waals surface area contributed by atoms with Crippen LogP contribution >= 0.6 is 0 Å². The molecule has 1 aromatic carbocycles. The molecule has 30 heavy (non-hydrogen) atoms. The Bertz CT molecular complexity index is 936. The Hall–Kier alpha value is -2.80. The third-order valence-electron chi connectivity index (χ3n) is 6.25. The Balaban J connectivity index is 1.45. The lowest BCUT2D eigenvalue weighted by Gasteiger charge is -2.24. The molecule has 1 atom stereocenters. The van der Waals surface area contributed by atoms with Crippen molar-refractivity contribution in [1.82, 2.24) is 14.8 Å². The highest BCUT2D eigenvalue weighted by Crippen LogP contribution is 2.41. The summed E-state index contributed by atoms with van der Waals surface area (Å²) in [5.41, 5.74) is 6.83. The summed E-state index contributed by atoms with van der Waals surface area (Å²) in [7, 11) is 0. The lowest BCUT2D eigenvalue weighted by atomic mass is 9.85. The first-order valence-corrected chi connectivity index (χ1v) is 10.5. The minimum absolute atomic E-state index is 0.0700. The number of nitrogens with zero attached hydrogens (tertiary/aromatic N) is 3. The number of hydrogen-bond acceptors (Lipinski definition) is 4. The summed E-state index contributed by atoms with van der Waals surface area (Å²) in [4.78, 5) is 34.0. The molecule has 2 aromatic rings. The van der Waals surface area contributed by atoms with Crippen LogP contribution in [0.4, 0.5) is 4.39 Å². The van der Waals surface area contributed by atoms with E-state index >= 15 is 0 Å². The monoisotopic (exact) mass is 410 g/mol. The maximum atomic E-state index is 14.4. The Morgan fingerprint density at radius 1 is 1.20 bits per heavy atom. The summed E-state index contributed by atoms with van der Waals surface area (Å²) >= 11 is 0. The number of likely N-dealkylation sites (tertiary alicyclic amines) is 2. The van der Waals surface area contributed by atoms with Crippen molar-refractivity contribution in [3.8, 4) is 0 Å². The van der Waals surface area contributed by atoms with E-state index in [1.54, 1.807) is 23.2 Å². The quantitative estimate of drug-likeness (QED) is 0.793. The number of nitrogens with two attached hydrogens (primary N) is 1. The third-order valence-corrected chi connectivity index (χ3v) is 6.25. The zero-order chi connectivity index (χ0) is 21.1. The van der Waals surface area contributed by atoms with Gasteiger partial charge in [-0.2, -0.15) is 0 Å². The van der Waals surface area contributed by atoms with E-state index in [1.807, 2.05) is 23.1 Å². The van der Waals surface area contributed by atoms with Gasteiger partial charge in [0, 0.05) is 25.8 Å². The van der Waals surface area contributed by atoms with Crippen LogP contribution in [0.15, 0.2) is 42.6 Å². The first-order valence-electron chi connectivity index (χ1n) is 10.5. The van der Waals surface area contributed by atoms with Gasteiger partial charge in [-0.3, -0.25) is 14.6 Å². The lowest BCUT2D eigenvalue weighted by Crippen LogP contribution is -2.38. The second-order valence-electron chi connectivity index (χ2n) is 8.26. The highest BCUT2D eigenvalue weighted by atomic mass is 19.1. The molecule has 7 heteroatoms. The lowest BCUT2D eigenvalue weighted by molar-refractivity contribution is -0.135. The molecule has 2 amide bonds. The topological polar surface area (TPSA) is 79.5 Å². The van der Waals surface area contributed by atoms with E-state index in [1.165, 1.54) is 6.07 Å². The van der Waals surface area contributed by atoms with Crippen LogP contribution in [0.25, 0.3) is 0 Å². The van der Waals surface area contributed by atoms with Gasteiger partial charge in [-0.25, -0.2) is 4.39 Å². The maximum Gasteiger partial charge on any atom is 0.256 e. The molecule has 3 heterocycles. The number of hydrogen-bond donors (Lipinski definition) is 1. The molecule has 0 saturated carbocycles. The van der Waals surface area contributed by atoms with Crippen molar-refractivity contribution in [2.24, 2.45) is 11.1 Å². The molecule has 4 rings (SSSR count). The Labute approximate surface area is 175 Å². The normalized spacial score (nSPS) is 21.1. The van der Waals surface area contributed by atoms with Gasteiger partial charge in [0.05, 0.1) is 23.2 Å². The van der Waals surface area contributed by atoms with Crippen LogP contribution < -0.4 is 5.73 Å². The second-order valence-corrected chi connectivity index (χ2v) is 8.26. The van der Waals surface area contributed by atoms with E-state index in [0.717, 1.165) is 17.7 Å². The Kier molecular flexibility index (Phi) is 5.81. The third kappa shape index (κ3) is 3.94. The number of amides is 2. The molecule has 158 valence electrons. The number of carbonyl (C=O) groups excluding carboxylic acids is 2. The molecule has 1 unspecified atom stereocenters. The number of rotatable bonds is 6. The first-order chi connectivity index (χ1) is 14.5. The number of benzene rings is 1. The summed E-state index contributed by atoms with van der Waals surface area (Å²) in [6.07, 6.45) is 4.54. The molecule has 1 aromatic heterocycles. The smallest absolute Gasteiger partial charge is 0.256 e. The van der Waals surface area contributed by atoms with Crippen LogP contribution in [0.3, 0.4) is 0 Å². The van der Waals surface area contributed by atoms with Gasteiger partial charge in [-0.1, -0.05) is 12.1 Å². The standard InChI is InChI=1S/C23H27FN4O2/c24-20-7-6-17(4-3-10-25)14-19(20)21(29)28-13-9-23(16-28)8-12-27(22(23)30)15-18-5-1-2-11-26-18/h1-2,5-7,11,14H,3-4,8-10,12-13,15-16,25H2. The Morgan fingerprint density at radius 2 is 2.03 bits per heavy atom. The molecular weight excluding hydrogens is 383 g/mol. The molecule has 6 nitrogen and oxygen atoms in total. The fourth-order valence-electron chi connectivity index (χ4n) is 4.52. The van der Waals surface area contributed by atoms with Gasteiger partial charge in [0.1, 0.15) is 5.82 Å². The molecular formula is C23H27FN4O2. The van der Waals surface area contributed by atoms with Gasteiger partial charge in [0.15, 0.2) is 0 Å². The molecule has 2 saturated heterocycles. The summed E-state index contributed by atoms with van der Waals surface area (Å²) in [6, 6.07) is 10.3. The van der Waals surface area contributed by atoms with E-state index in [2.05, 4.69) is 4.98 Å². The fourth-order valence-corrected chi connectivity index (χ4v) is 4.52. The molecule has 0 bridgehead atoms. The molecule has 2 fully saturated rings. The van der Waals surface area contributed by atoms with Gasteiger partial charge >= 0.3 is 0 Å². The van der Waals surface area contributed by atoms with Gasteiger partial charge in [0.2, 0.25) is 5.91 Å². The number of aryl methyl sites for hydroxylation is 1. The van der Waals surface area contributed by atoms with E-state index in [4.69, 9.17) is 5.73 Å². The largest absolute Gasteiger partial charge is 0.337 e. The predicted octanol–water partition coefficient (Wildman–Crippen LogP) is 2.38. The van der Waals surface area contributed by atoms with Crippen LogP contribution in [0.5, 0.6) is 0 Å². The minimum Gasteiger partial charge on any atom is -0.337 e. The predicted molar refractivity (Wildman–Crippen MR) is 111 cm³/mol. The van der Waals surface area contributed by atoms with E-state index in [0.29, 0.717) is 52.0 Å². The average Bonchev–Trinajstić information content (AvgIpc) is 3.33. The molecule has 0 radical (unpaired) electrons. The highest BCUT2D eigenvalue weighted by Gasteiger charge is 2.51. The van der Waals surface area contributed by atoms with Crippen molar-refractivity contribution in [2.75, 3.05) is 26.2 Å². The molecule has 0 aliphatic carbocycles. The second kappa shape index (κ2) is 8.52. The first kappa shape index (κ1) is 20.5. The van der Waals surface area contributed by atoms with Crippen LogP contribution in [0.1, 0.15) is 40.9 Å². The van der Waals surface area contributed by atoms with E-state index in [-0.39, 0.29) is 17.4 Å². The minimum atomic E-state index is -0.557.